The summed E-state index contributed by atoms with van der Waals surface area (Å²) >= 11 is 0. The average Bonchev–Trinajstić information content (AvgIpc) is 2.27. The molecular weight excluding hydrogens is 224 g/mol. The topological polar surface area (TPSA) is 64.7 Å². The van der Waals surface area contributed by atoms with E-state index in [4.69, 9.17) is 5.73 Å². The van der Waals surface area contributed by atoms with Crippen LogP contribution in [-0.2, 0) is 6.42 Å². The van der Waals surface area contributed by atoms with E-state index in [1.54, 1.807) is 6.20 Å². The van der Waals surface area contributed by atoms with Gasteiger partial charge in [0.25, 0.3) is 0 Å². The first-order chi connectivity index (χ1) is 8.54. The molecule has 0 aliphatic rings. The molecule has 2 rings (SSSR count). The normalized spacial score (nSPS) is 10.9. The van der Waals surface area contributed by atoms with Gasteiger partial charge < -0.3 is 5.73 Å². The summed E-state index contributed by atoms with van der Waals surface area (Å²) in [6.07, 6.45) is 2.66. The van der Waals surface area contributed by atoms with Crippen molar-refractivity contribution in [2.45, 2.75) is 27.2 Å². The maximum atomic E-state index is 5.83. The van der Waals surface area contributed by atoms with Crippen LogP contribution in [0.3, 0.4) is 0 Å². The Morgan fingerprint density at radius 1 is 1.22 bits per heavy atom. The van der Waals surface area contributed by atoms with Gasteiger partial charge in [0.15, 0.2) is 5.82 Å². The third kappa shape index (κ3) is 3.03. The molecule has 0 aliphatic carbocycles. The number of nitrogen functional groups attached to an aromatic ring is 1. The van der Waals surface area contributed by atoms with Crippen molar-refractivity contribution < 1.29 is 0 Å². The highest BCUT2D eigenvalue weighted by Gasteiger charge is 2.08. The Bertz CT molecular complexity index is 549. The van der Waals surface area contributed by atoms with Crippen LogP contribution in [0.5, 0.6) is 0 Å². The second-order valence-corrected chi connectivity index (χ2v) is 4.92. The molecule has 0 saturated carbocycles. The van der Waals surface area contributed by atoms with Gasteiger partial charge in [-0.25, -0.2) is 9.97 Å². The fourth-order valence-electron chi connectivity index (χ4n) is 1.81. The zero-order chi connectivity index (χ0) is 13.1. The van der Waals surface area contributed by atoms with Crippen molar-refractivity contribution in [2.24, 2.45) is 5.92 Å². The third-order valence-electron chi connectivity index (χ3n) is 2.56. The van der Waals surface area contributed by atoms with Crippen molar-refractivity contribution >= 4 is 5.82 Å². The lowest BCUT2D eigenvalue weighted by atomic mass is 10.1. The summed E-state index contributed by atoms with van der Waals surface area (Å²) in [5, 5.41) is 0. The van der Waals surface area contributed by atoms with E-state index >= 15 is 0 Å². The van der Waals surface area contributed by atoms with Crippen molar-refractivity contribution in [1.29, 1.82) is 0 Å². The predicted molar refractivity (Wildman–Crippen MR) is 73.0 cm³/mol. The van der Waals surface area contributed by atoms with Crippen LogP contribution in [0.25, 0.3) is 11.5 Å². The first-order valence-electron chi connectivity index (χ1n) is 6.11. The third-order valence-corrected chi connectivity index (χ3v) is 2.56. The predicted octanol–water partition coefficient (Wildman–Crippen LogP) is 2.63. The number of anilines is 1. The summed E-state index contributed by atoms with van der Waals surface area (Å²) in [5.74, 6) is 1.64. The highest BCUT2D eigenvalue weighted by Crippen LogP contribution is 2.17. The maximum absolute atomic E-state index is 5.83. The number of rotatable bonds is 3. The van der Waals surface area contributed by atoms with E-state index in [0.29, 0.717) is 17.6 Å². The summed E-state index contributed by atoms with van der Waals surface area (Å²) in [7, 11) is 0. The second kappa shape index (κ2) is 5.12. The van der Waals surface area contributed by atoms with Crippen LogP contribution in [0.15, 0.2) is 24.4 Å². The number of nitrogens with zero attached hydrogens (tertiary/aromatic N) is 3. The molecule has 0 bridgehead atoms. The molecule has 0 amide bonds. The number of nitrogens with two attached hydrogens (primary N) is 1. The van der Waals surface area contributed by atoms with E-state index in [0.717, 1.165) is 23.4 Å². The highest BCUT2D eigenvalue weighted by molar-refractivity contribution is 5.52. The van der Waals surface area contributed by atoms with E-state index in [2.05, 4.69) is 28.8 Å². The van der Waals surface area contributed by atoms with E-state index in [9.17, 15) is 0 Å². The first kappa shape index (κ1) is 12.5. The fraction of sp³-hybridized carbons (Fsp3) is 0.357. The minimum atomic E-state index is 0.499. The Balaban J connectivity index is 2.41. The van der Waals surface area contributed by atoms with Gasteiger partial charge >= 0.3 is 0 Å². The van der Waals surface area contributed by atoms with Crippen molar-refractivity contribution in [1.82, 2.24) is 15.0 Å². The van der Waals surface area contributed by atoms with Crippen LogP contribution in [-0.4, -0.2) is 15.0 Å². The van der Waals surface area contributed by atoms with Crippen LogP contribution in [0.1, 0.15) is 25.1 Å². The minimum Gasteiger partial charge on any atom is -0.384 e. The molecule has 0 radical (unpaired) electrons. The van der Waals surface area contributed by atoms with Crippen molar-refractivity contribution in [2.75, 3.05) is 5.73 Å². The Hall–Kier alpha value is -1.97. The van der Waals surface area contributed by atoms with Gasteiger partial charge in [-0.2, -0.15) is 0 Å². The number of hydrogen-bond acceptors (Lipinski definition) is 4. The van der Waals surface area contributed by atoms with E-state index in [1.165, 1.54) is 0 Å². The smallest absolute Gasteiger partial charge is 0.180 e. The zero-order valence-corrected chi connectivity index (χ0v) is 11.0. The molecule has 2 aromatic rings. The largest absolute Gasteiger partial charge is 0.384 e. The van der Waals surface area contributed by atoms with Crippen LogP contribution in [0.4, 0.5) is 5.82 Å². The summed E-state index contributed by atoms with van der Waals surface area (Å²) in [6, 6.07) is 5.75. The maximum Gasteiger partial charge on any atom is 0.180 e. The minimum absolute atomic E-state index is 0.499. The summed E-state index contributed by atoms with van der Waals surface area (Å²) in [5.41, 5.74) is 8.71. The van der Waals surface area contributed by atoms with E-state index in [1.807, 2.05) is 25.1 Å². The molecule has 0 atom stereocenters. The molecule has 0 aromatic carbocycles. The molecule has 0 saturated heterocycles. The highest BCUT2D eigenvalue weighted by atomic mass is 15.0. The molecule has 0 fully saturated rings. The quantitative estimate of drug-likeness (QED) is 0.898. The van der Waals surface area contributed by atoms with E-state index in [-0.39, 0.29) is 0 Å². The molecular formula is C14H18N4. The van der Waals surface area contributed by atoms with Crippen molar-refractivity contribution in [3.05, 3.63) is 35.7 Å². The zero-order valence-electron chi connectivity index (χ0n) is 11.0. The standard InChI is InChI=1S/C14H18N4/c1-9(2)6-11-8-13(15)18-14(17-11)12-7-10(3)4-5-16-12/h4-5,7-9H,6H2,1-3H3,(H2,15,17,18). The summed E-state index contributed by atoms with van der Waals surface area (Å²) in [6.45, 7) is 6.33. The number of aryl methyl sites for hydroxylation is 1. The van der Waals surface area contributed by atoms with Gasteiger partial charge in [0, 0.05) is 18.0 Å². The molecule has 2 aromatic heterocycles. The van der Waals surface area contributed by atoms with Crippen LogP contribution < -0.4 is 5.73 Å². The second-order valence-electron chi connectivity index (χ2n) is 4.92. The number of aromatic nitrogens is 3. The molecule has 4 heteroatoms. The van der Waals surface area contributed by atoms with Crippen LogP contribution >= 0.6 is 0 Å². The van der Waals surface area contributed by atoms with Gasteiger partial charge in [-0.15, -0.1) is 0 Å². The van der Waals surface area contributed by atoms with Gasteiger partial charge in [0.05, 0.1) is 0 Å². The Morgan fingerprint density at radius 3 is 2.67 bits per heavy atom. The molecule has 0 unspecified atom stereocenters. The van der Waals surface area contributed by atoms with Gasteiger partial charge in [-0.1, -0.05) is 13.8 Å². The molecule has 4 nitrogen and oxygen atoms in total. The number of pyridine rings is 1. The average molecular weight is 242 g/mol. The van der Waals surface area contributed by atoms with Crippen LogP contribution in [0.2, 0.25) is 0 Å². The van der Waals surface area contributed by atoms with Crippen LogP contribution in [0, 0.1) is 12.8 Å². The van der Waals surface area contributed by atoms with Crippen molar-refractivity contribution in [3.8, 4) is 11.5 Å². The Kier molecular flexibility index (Phi) is 3.55. The number of hydrogen-bond donors (Lipinski definition) is 1. The SMILES string of the molecule is Cc1ccnc(-c2nc(N)cc(CC(C)C)n2)c1. The van der Waals surface area contributed by atoms with Gasteiger partial charge in [-0.05, 0) is 37.0 Å². The summed E-state index contributed by atoms with van der Waals surface area (Å²) in [4.78, 5) is 13.1. The molecule has 2 heterocycles. The van der Waals surface area contributed by atoms with Gasteiger partial charge in [0.2, 0.25) is 0 Å². The van der Waals surface area contributed by atoms with Gasteiger partial charge in [0.1, 0.15) is 11.5 Å². The van der Waals surface area contributed by atoms with E-state index < -0.39 is 0 Å². The van der Waals surface area contributed by atoms with Crippen molar-refractivity contribution in [3.63, 3.8) is 0 Å². The molecule has 18 heavy (non-hydrogen) atoms. The molecule has 0 spiro atoms. The molecule has 94 valence electrons. The molecule has 0 aliphatic heterocycles. The Morgan fingerprint density at radius 2 is 2.00 bits per heavy atom. The Labute approximate surface area is 107 Å². The van der Waals surface area contributed by atoms with Gasteiger partial charge in [-0.3, -0.25) is 4.98 Å². The molecule has 2 N–H and O–H groups in total. The lowest BCUT2D eigenvalue weighted by Crippen LogP contribution is -2.04. The monoisotopic (exact) mass is 242 g/mol. The lowest BCUT2D eigenvalue weighted by molar-refractivity contribution is 0.635. The fourth-order valence-corrected chi connectivity index (χ4v) is 1.81. The lowest BCUT2D eigenvalue weighted by Gasteiger charge is -2.07. The summed E-state index contributed by atoms with van der Waals surface area (Å²) < 4.78 is 0. The first-order valence-corrected chi connectivity index (χ1v) is 6.11.